The molecule has 1 saturated heterocycles. The lowest BCUT2D eigenvalue weighted by atomic mass is 10.0. The maximum absolute atomic E-state index is 12.4. The van der Waals surface area contributed by atoms with Crippen LogP contribution in [0.25, 0.3) is 0 Å². The smallest absolute Gasteiger partial charge is 0.259 e. The Bertz CT molecular complexity index is 502. The normalized spacial score (nSPS) is 23.1. The average molecular weight is 263 g/mol. The van der Waals surface area contributed by atoms with Crippen LogP contribution < -0.4 is 5.73 Å². The molecule has 2 N–H and O–H groups in total. The molecule has 6 nitrogen and oxygen atoms in total. The summed E-state index contributed by atoms with van der Waals surface area (Å²) in [6.07, 6.45) is 2.48. The number of hydrogen-bond donors (Lipinski definition) is 1. The lowest BCUT2D eigenvalue weighted by Gasteiger charge is -2.32. The van der Waals surface area contributed by atoms with Gasteiger partial charge in [-0.05, 0) is 34.4 Å². The third-order valence-corrected chi connectivity index (χ3v) is 3.99. The average Bonchev–Trinajstić information content (AvgIpc) is 2.73. The number of likely N-dealkylation sites (N-methyl/N-ethyl adjacent to an activating group) is 1. The minimum absolute atomic E-state index is 0.0238. The van der Waals surface area contributed by atoms with Gasteiger partial charge in [-0.1, -0.05) is 0 Å². The molecule has 2 rings (SSSR count). The number of amides is 1. The number of carbonyl (C=O) groups is 1. The minimum Gasteiger partial charge on any atom is -0.383 e. The molecule has 0 bridgehead atoms. The lowest BCUT2D eigenvalue weighted by molar-refractivity contribution is 0.0760. The SMILES string of the molecule is Cc1ncc(C(=O)N2CCC(C)(N(C)C)C2)c(N)n1. The van der Waals surface area contributed by atoms with Crippen LogP contribution in [0.4, 0.5) is 5.82 Å². The molecule has 6 heteroatoms. The van der Waals surface area contributed by atoms with E-state index in [1.54, 1.807) is 6.92 Å². The maximum atomic E-state index is 12.4. The number of nitrogens with two attached hydrogens (primary N) is 1. The monoisotopic (exact) mass is 263 g/mol. The summed E-state index contributed by atoms with van der Waals surface area (Å²) < 4.78 is 0. The number of hydrogen-bond acceptors (Lipinski definition) is 5. The van der Waals surface area contributed by atoms with Gasteiger partial charge in [0.05, 0.1) is 0 Å². The summed E-state index contributed by atoms with van der Waals surface area (Å²) in [5, 5.41) is 0. The zero-order valence-corrected chi connectivity index (χ0v) is 12.0. The first-order valence-electron chi connectivity index (χ1n) is 6.39. The summed E-state index contributed by atoms with van der Waals surface area (Å²) in [7, 11) is 4.08. The first kappa shape index (κ1) is 13.7. The zero-order valence-electron chi connectivity index (χ0n) is 12.0. The number of carbonyl (C=O) groups excluding carboxylic acids is 1. The fraction of sp³-hybridized carbons (Fsp3) is 0.615. The van der Waals surface area contributed by atoms with Gasteiger partial charge in [0, 0.05) is 24.8 Å². The third kappa shape index (κ3) is 2.53. The molecule has 2 heterocycles. The summed E-state index contributed by atoms with van der Waals surface area (Å²) in [4.78, 5) is 24.5. The van der Waals surface area contributed by atoms with Crippen LogP contribution in [0.5, 0.6) is 0 Å². The molecule has 1 fully saturated rings. The standard InChI is InChI=1S/C13H21N5O/c1-9-15-7-10(11(14)16-9)12(19)18-6-5-13(2,8-18)17(3)4/h7H,5-6,8H2,1-4H3,(H2,14,15,16). The molecular weight excluding hydrogens is 242 g/mol. The van der Waals surface area contributed by atoms with Crippen molar-refractivity contribution < 1.29 is 4.79 Å². The largest absolute Gasteiger partial charge is 0.383 e. The number of nitrogens with zero attached hydrogens (tertiary/aromatic N) is 4. The molecule has 0 aliphatic carbocycles. The van der Waals surface area contributed by atoms with E-state index in [0.29, 0.717) is 17.9 Å². The number of aryl methyl sites for hydroxylation is 1. The van der Waals surface area contributed by atoms with Crippen molar-refractivity contribution in [1.82, 2.24) is 19.8 Å². The van der Waals surface area contributed by atoms with Gasteiger partial charge in [-0.15, -0.1) is 0 Å². The Hall–Kier alpha value is -1.69. The number of rotatable bonds is 2. The first-order valence-corrected chi connectivity index (χ1v) is 6.39. The van der Waals surface area contributed by atoms with Crippen molar-refractivity contribution in [2.24, 2.45) is 0 Å². The fourth-order valence-electron chi connectivity index (χ4n) is 2.31. The van der Waals surface area contributed by atoms with Crippen LogP contribution in [-0.4, -0.2) is 58.4 Å². The van der Waals surface area contributed by atoms with Crippen LogP contribution in [0.1, 0.15) is 29.5 Å². The molecule has 1 aromatic rings. The van der Waals surface area contributed by atoms with Gasteiger partial charge in [0.15, 0.2) is 0 Å². The van der Waals surface area contributed by atoms with E-state index in [1.807, 2.05) is 19.0 Å². The highest BCUT2D eigenvalue weighted by molar-refractivity contribution is 5.98. The summed E-state index contributed by atoms with van der Waals surface area (Å²) in [5.74, 6) is 0.757. The number of likely N-dealkylation sites (tertiary alicyclic amines) is 1. The summed E-state index contributed by atoms with van der Waals surface area (Å²) in [6, 6.07) is 0. The summed E-state index contributed by atoms with van der Waals surface area (Å²) in [5.41, 5.74) is 6.23. The van der Waals surface area contributed by atoms with Gasteiger partial charge < -0.3 is 15.5 Å². The Morgan fingerprint density at radius 2 is 2.21 bits per heavy atom. The van der Waals surface area contributed by atoms with E-state index in [4.69, 9.17) is 5.73 Å². The summed E-state index contributed by atoms with van der Waals surface area (Å²) in [6.45, 7) is 5.35. The molecule has 0 aromatic carbocycles. The van der Waals surface area contributed by atoms with Crippen molar-refractivity contribution in [3.05, 3.63) is 17.6 Å². The van der Waals surface area contributed by atoms with E-state index in [1.165, 1.54) is 6.20 Å². The quantitative estimate of drug-likeness (QED) is 0.842. The van der Waals surface area contributed by atoms with Crippen LogP contribution in [0, 0.1) is 6.92 Å². The van der Waals surface area contributed by atoms with Gasteiger partial charge in [0.2, 0.25) is 0 Å². The second kappa shape index (κ2) is 4.77. The second-order valence-electron chi connectivity index (χ2n) is 5.58. The molecule has 104 valence electrons. The van der Waals surface area contributed by atoms with Crippen molar-refractivity contribution in [1.29, 1.82) is 0 Å². The van der Waals surface area contributed by atoms with Gasteiger partial charge in [-0.25, -0.2) is 9.97 Å². The first-order chi connectivity index (χ1) is 8.83. The Morgan fingerprint density at radius 3 is 2.74 bits per heavy atom. The molecule has 1 atom stereocenters. The molecule has 1 amide bonds. The highest BCUT2D eigenvalue weighted by Crippen LogP contribution is 2.27. The number of anilines is 1. The van der Waals surface area contributed by atoms with Gasteiger partial charge in [0.25, 0.3) is 5.91 Å². The molecule has 0 spiro atoms. The molecule has 1 aromatic heterocycles. The highest BCUT2D eigenvalue weighted by Gasteiger charge is 2.38. The zero-order chi connectivity index (χ0) is 14.2. The Balaban J connectivity index is 2.18. The summed E-state index contributed by atoms with van der Waals surface area (Å²) >= 11 is 0. The van der Waals surface area contributed by atoms with Gasteiger partial charge in [-0.3, -0.25) is 4.79 Å². The van der Waals surface area contributed by atoms with Gasteiger partial charge in [0.1, 0.15) is 17.2 Å². The van der Waals surface area contributed by atoms with Crippen molar-refractivity contribution in [3.8, 4) is 0 Å². The Labute approximate surface area is 113 Å². The molecule has 1 unspecified atom stereocenters. The van der Waals surface area contributed by atoms with E-state index in [2.05, 4.69) is 21.8 Å². The highest BCUT2D eigenvalue weighted by atomic mass is 16.2. The van der Waals surface area contributed by atoms with Crippen LogP contribution >= 0.6 is 0 Å². The van der Waals surface area contributed by atoms with Crippen molar-refractivity contribution in [2.45, 2.75) is 25.8 Å². The van der Waals surface area contributed by atoms with Crippen LogP contribution in [0.2, 0.25) is 0 Å². The van der Waals surface area contributed by atoms with E-state index in [-0.39, 0.29) is 17.3 Å². The topological polar surface area (TPSA) is 75.4 Å². The Morgan fingerprint density at radius 1 is 1.53 bits per heavy atom. The Kier molecular flexibility index (Phi) is 3.45. The van der Waals surface area contributed by atoms with Crippen molar-refractivity contribution in [2.75, 3.05) is 32.9 Å². The van der Waals surface area contributed by atoms with Gasteiger partial charge in [-0.2, -0.15) is 0 Å². The second-order valence-corrected chi connectivity index (χ2v) is 5.58. The van der Waals surface area contributed by atoms with E-state index in [9.17, 15) is 4.79 Å². The van der Waals surface area contributed by atoms with Crippen LogP contribution in [-0.2, 0) is 0 Å². The van der Waals surface area contributed by atoms with E-state index < -0.39 is 0 Å². The predicted octanol–water partition coefficient (Wildman–Crippen LogP) is 0.533. The van der Waals surface area contributed by atoms with Crippen molar-refractivity contribution in [3.63, 3.8) is 0 Å². The van der Waals surface area contributed by atoms with Crippen molar-refractivity contribution >= 4 is 11.7 Å². The molecule has 19 heavy (non-hydrogen) atoms. The van der Waals surface area contributed by atoms with Crippen LogP contribution in [0.3, 0.4) is 0 Å². The molecular formula is C13H21N5O. The minimum atomic E-state index is -0.0805. The molecule has 0 saturated carbocycles. The third-order valence-electron chi connectivity index (χ3n) is 3.99. The van der Waals surface area contributed by atoms with E-state index >= 15 is 0 Å². The van der Waals surface area contributed by atoms with Gasteiger partial charge >= 0.3 is 0 Å². The van der Waals surface area contributed by atoms with E-state index in [0.717, 1.165) is 13.0 Å². The lowest BCUT2D eigenvalue weighted by Crippen LogP contribution is -2.44. The molecule has 1 aliphatic heterocycles. The van der Waals surface area contributed by atoms with Crippen LogP contribution in [0.15, 0.2) is 6.20 Å². The maximum Gasteiger partial charge on any atom is 0.259 e. The number of nitrogen functional groups attached to an aromatic ring is 1. The fourth-order valence-corrected chi connectivity index (χ4v) is 2.31. The predicted molar refractivity (Wildman–Crippen MR) is 73.8 cm³/mol. The number of aromatic nitrogens is 2. The molecule has 1 aliphatic rings. The molecule has 0 radical (unpaired) electrons.